The van der Waals surface area contributed by atoms with Crippen molar-refractivity contribution in [2.24, 2.45) is 0 Å². The number of nitrogens with one attached hydrogen (secondary N) is 2. The monoisotopic (exact) mass is 428 g/mol. The van der Waals surface area contributed by atoms with E-state index in [0.717, 1.165) is 5.69 Å². The average Bonchev–Trinajstić information content (AvgIpc) is 3.07. The Morgan fingerprint density at radius 2 is 1.73 bits per heavy atom. The summed E-state index contributed by atoms with van der Waals surface area (Å²) in [6.45, 7) is 4.04. The van der Waals surface area contributed by atoms with E-state index in [9.17, 15) is 13.2 Å². The molecule has 1 aromatic heterocycles. The van der Waals surface area contributed by atoms with Crippen LogP contribution in [0.25, 0.3) is 5.69 Å². The minimum absolute atomic E-state index is 0.0754. The highest BCUT2D eigenvalue weighted by Gasteiger charge is 2.19. The number of carbonyl (C=O) groups is 1. The Bertz CT molecular complexity index is 1200. The van der Waals surface area contributed by atoms with Gasteiger partial charge in [0.2, 0.25) is 5.91 Å². The molecule has 0 radical (unpaired) electrons. The summed E-state index contributed by atoms with van der Waals surface area (Å²) in [7, 11) is -3.81. The average molecular weight is 428 g/mol. The predicted octanol–water partition coefficient (Wildman–Crippen LogP) is 2.71. The number of aromatic nitrogens is 2. The second-order valence-electron chi connectivity index (χ2n) is 6.72. The number of amides is 1. The molecule has 1 aliphatic heterocycles. The lowest BCUT2D eigenvalue weighted by atomic mass is 10.3. The Morgan fingerprint density at radius 1 is 1.03 bits per heavy atom. The van der Waals surface area contributed by atoms with Gasteiger partial charge in [-0.05, 0) is 43.3 Å². The van der Waals surface area contributed by atoms with Crippen molar-refractivity contribution in [1.82, 2.24) is 9.78 Å². The lowest BCUT2D eigenvalue weighted by Gasteiger charge is -2.19. The van der Waals surface area contributed by atoms with Crippen molar-refractivity contribution in [2.45, 2.75) is 18.7 Å². The molecular weight excluding hydrogens is 408 g/mol. The van der Waals surface area contributed by atoms with E-state index in [2.05, 4.69) is 15.1 Å². The zero-order chi connectivity index (χ0) is 21.3. The predicted molar refractivity (Wildman–Crippen MR) is 111 cm³/mol. The van der Waals surface area contributed by atoms with Gasteiger partial charge in [0.05, 0.1) is 16.3 Å². The van der Waals surface area contributed by atoms with Gasteiger partial charge in [-0.3, -0.25) is 9.52 Å². The van der Waals surface area contributed by atoms with Crippen molar-refractivity contribution in [2.75, 3.05) is 23.3 Å². The fraction of sp³-hybridized carbons (Fsp3) is 0.200. The third-order valence-corrected chi connectivity index (χ3v) is 5.70. The number of aryl methyl sites for hydroxylation is 1. The summed E-state index contributed by atoms with van der Waals surface area (Å²) in [6, 6.07) is 12.9. The van der Waals surface area contributed by atoms with Crippen LogP contribution < -0.4 is 19.5 Å². The highest BCUT2D eigenvalue weighted by Crippen LogP contribution is 2.32. The molecule has 0 atom stereocenters. The van der Waals surface area contributed by atoms with Gasteiger partial charge in [0.25, 0.3) is 10.0 Å². The highest BCUT2D eigenvalue weighted by atomic mass is 32.2. The number of anilines is 2. The van der Waals surface area contributed by atoms with Crippen molar-refractivity contribution >= 4 is 27.4 Å². The summed E-state index contributed by atoms with van der Waals surface area (Å²) in [5, 5.41) is 7.08. The molecule has 0 saturated carbocycles. The minimum Gasteiger partial charge on any atom is -0.486 e. The van der Waals surface area contributed by atoms with Crippen molar-refractivity contribution < 1.29 is 22.7 Å². The SMILES string of the molecule is CC(=O)Nc1cc(C)nn1-c1ccc(NS(=O)(=O)c2ccc3c(c2)OCCO3)cc1. The molecule has 2 N–H and O–H groups in total. The Kier molecular flexibility index (Phi) is 5.08. The van der Waals surface area contributed by atoms with Gasteiger partial charge in [0.1, 0.15) is 19.0 Å². The van der Waals surface area contributed by atoms with Gasteiger partial charge in [0, 0.05) is 24.7 Å². The van der Waals surface area contributed by atoms with Crippen LogP contribution >= 0.6 is 0 Å². The first-order valence-corrected chi connectivity index (χ1v) is 10.7. The molecule has 0 saturated heterocycles. The second kappa shape index (κ2) is 7.71. The summed E-state index contributed by atoms with van der Waals surface area (Å²) in [5.41, 5.74) is 1.80. The molecule has 0 fully saturated rings. The number of sulfonamides is 1. The topological polar surface area (TPSA) is 112 Å². The van der Waals surface area contributed by atoms with Crippen molar-refractivity contribution in [3.8, 4) is 17.2 Å². The molecule has 0 bridgehead atoms. The first-order chi connectivity index (χ1) is 14.3. The maximum absolute atomic E-state index is 12.7. The van der Waals surface area contributed by atoms with Crippen LogP contribution in [-0.4, -0.2) is 37.3 Å². The number of hydrogen-bond donors (Lipinski definition) is 2. The van der Waals surface area contributed by atoms with Crippen molar-refractivity contribution in [1.29, 1.82) is 0 Å². The molecule has 1 amide bonds. The first-order valence-electron chi connectivity index (χ1n) is 9.19. The third-order valence-electron chi connectivity index (χ3n) is 4.32. The zero-order valence-electron chi connectivity index (χ0n) is 16.4. The quantitative estimate of drug-likeness (QED) is 0.646. The number of hydrogen-bond acceptors (Lipinski definition) is 6. The number of benzene rings is 2. The van der Waals surface area contributed by atoms with Gasteiger partial charge in [-0.25, -0.2) is 13.1 Å². The van der Waals surface area contributed by atoms with Crippen LogP contribution in [0, 0.1) is 6.92 Å². The highest BCUT2D eigenvalue weighted by molar-refractivity contribution is 7.92. The molecule has 3 aromatic rings. The molecule has 9 nitrogen and oxygen atoms in total. The van der Waals surface area contributed by atoms with Gasteiger partial charge >= 0.3 is 0 Å². The van der Waals surface area contributed by atoms with E-state index in [1.807, 2.05) is 6.92 Å². The Hall–Kier alpha value is -3.53. The molecule has 0 spiro atoms. The molecule has 2 heterocycles. The molecule has 4 rings (SSSR count). The maximum atomic E-state index is 12.7. The maximum Gasteiger partial charge on any atom is 0.262 e. The molecule has 156 valence electrons. The molecule has 1 aliphatic rings. The fourth-order valence-electron chi connectivity index (χ4n) is 3.04. The van der Waals surface area contributed by atoms with Crippen molar-refractivity contribution in [3.63, 3.8) is 0 Å². The van der Waals surface area contributed by atoms with E-state index in [4.69, 9.17) is 9.47 Å². The standard InChI is InChI=1S/C20H20N4O5S/c1-13-11-20(21-14(2)25)24(22-13)16-5-3-15(4-6-16)23-30(26,27)17-7-8-18-19(12-17)29-10-9-28-18/h3-8,11-12,23H,9-10H2,1-2H3,(H,21,25). The van der Waals surface area contributed by atoms with Crippen LogP contribution in [0.4, 0.5) is 11.5 Å². The summed E-state index contributed by atoms with van der Waals surface area (Å²) >= 11 is 0. The summed E-state index contributed by atoms with van der Waals surface area (Å²) < 4.78 is 40.5. The Morgan fingerprint density at radius 3 is 2.43 bits per heavy atom. The van der Waals surface area contributed by atoms with Crippen LogP contribution in [-0.2, 0) is 14.8 Å². The molecule has 2 aromatic carbocycles. The number of rotatable bonds is 5. The number of fused-ring (bicyclic) bond motifs is 1. The van der Waals surface area contributed by atoms with Crippen LogP contribution in [0.15, 0.2) is 53.4 Å². The molecule has 0 unspecified atom stereocenters. The zero-order valence-corrected chi connectivity index (χ0v) is 17.2. The Balaban J connectivity index is 1.56. The normalized spacial score (nSPS) is 13.0. The minimum atomic E-state index is -3.81. The van der Waals surface area contributed by atoms with Crippen LogP contribution in [0.1, 0.15) is 12.6 Å². The number of ether oxygens (including phenoxy) is 2. The van der Waals surface area contributed by atoms with Gasteiger partial charge < -0.3 is 14.8 Å². The fourth-order valence-corrected chi connectivity index (χ4v) is 4.11. The van der Waals surface area contributed by atoms with Gasteiger partial charge in [-0.2, -0.15) is 5.10 Å². The number of nitrogens with zero attached hydrogens (tertiary/aromatic N) is 2. The van der Waals surface area contributed by atoms with E-state index in [0.29, 0.717) is 41.9 Å². The van der Waals surface area contributed by atoms with E-state index in [-0.39, 0.29) is 10.8 Å². The molecule has 10 heteroatoms. The summed E-state index contributed by atoms with van der Waals surface area (Å²) in [6.07, 6.45) is 0. The van der Waals surface area contributed by atoms with Crippen LogP contribution in [0.5, 0.6) is 11.5 Å². The van der Waals surface area contributed by atoms with Crippen molar-refractivity contribution in [3.05, 3.63) is 54.2 Å². The van der Waals surface area contributed by atoms with Gasteiger partial charge in [-0.1, -0.05) is 0 Å². The van der Waals surface area contributed by atoms with Gasteiger partial charge in [0.15, 0.2) is 11.5 Å². The van der Waals surface area contributed by atoms with E-state index >= 15 is 0 Å². The van der Waals surface area contributed by atoms with Crippen LogP contribution in [0.2, 0.25) is 0 Å². The van der Waals surface area contributed by atoms with Crippen LogP contribution in [0.3, 0.4) is 0 Å². The smallest absolute Gasteiger partial charge is 0.262 e. The molecule has 30 heavy (non-hydrogen) atoms. The van der Waals surface area contributed by atoms with E-state index < -0.39 is 10.0 Å². The first kappa shape index (κ1) is 19.8. The second-order valence-corrected chi connectivity index (χ2v) is 8.40. The van der Waals surface area contributed by atoms with E-state index in [1.165, 1.54) is 19.1 Å². The summed E-state index contributed by atoms with van der Waals surface area (Å²) in [5.74, 6) is 1.25. The lowest BCUT2D eigenvalue weighted by molar-refractivity contribution is -0.114. The Labute approximate surface area is 173 Å². The largest absolute Gasteiger partial charge is 0.486 e. The van der Waals surface area contributed by atoms with E-state index in [1.54, 1.807) is 41.1 Å². The molecule has 0 aliphatic carbocycles. The third kappa shape index (κ3) is 4.08. The molecular formula is C20H20N4O5S. The lowest BCUT2D eigenvalue weighted by Crippen LogP contribution is -2.17. The number of carbonyl (C=O) groups excluding carboxylic acids is 1. The summed E-state index contributed by atoms with van der Waals surface area (Å²) in [4.78, 5) is 11.5. The van der Waals surface area contributed by atoms with Gasteiger partial charge in [-0.15, -0.1) is 0 Å².